The summed E-state index contributed by atoms with van der Waals surface area (Å²) in [4.78, 5) is 23.6. The third-order valence-electron chi connectivity index (χ3n) is 3.61. The second-order valence-electron chi connectivity index (χ2n) is 5.33. The monoisotopic (exact) mass is 289 g/mol. The zero-order valence-electron chi connectivity index (χ0n) is 12.4. The van der Waals surface area contributed by atoms with E-state index in [0.717, 1.165) is 24.9 Å². The predicted molar refractivity (Wildman–Crippen MR) is 81.9 cm³/mol. The quantitative estimate of drug-likeness (QED) is 0.737. The lowest BCUT2D eigenvalue weighted by molar-refractivity contribution is -0.121. The van der Waals surface area contributed by atoms with E-state index in [0.29, 0.717) is 31.1 Å². The molecule has 3 N–H and O–H groups in total. The molecule has 0 saturated carbocycles. The smallest absolute Gasteiger partial charge is 0.251 e. The fraction of sp³-hybridized carbons (Fsp3) is 0.500. The van der Waals surface area contributed by atoms with Crippen molar-refractivity contribution in [3.63, 3.8) is 0 Å². The molecule has 1 atom stereocenters. The molecule has 2 rings (SSSR count). The van der Waals surface area contributed by atoms with Gasteiger partial charge < -0.3 is 16.0 Å². The summed E-state index contributed by atoms with van der Waals surface area (Å²) in [6.45, 7) is 3.96. The summed E-state index contributed by atoms with van der Waals surface area (Å²) in [5, 5.41) is 8.99. The van der Waals surface area contributed by atoms with Crippen molar-refractivity contribution in [2.24, 2.45) is 0 Å². The minimum Gasteiger partial charge on any atom is -0.352 e. The highest BCUT2D eigenvalue weighted by atomic mass is 16.2. The second kappa shape index (κ2) is 7.78. The van der Waals surface area contributed by atoms with Crippen LogP contribution in [-0.4, -0.2) is 30.9 Å². The van der Waals surface area contributed by atoms with E-state index in [1.807, 2.05) is 25.1 Å². The second-order valence-corrected chi connectivity index (χ2v) is 5.33. The minimum absolute atomic E-state index is 0.0535. The number of nitrogens with one attached hydrogen (secondary N) is 3. The molecule has 114 valence electrons. The van der Waals surface area contributed by atoms with Gasteiger partial charge in [-0.15, -0.1) is 0 Å². The first kappa shape index (κ1) is 15.5. The van der Waals surface area contributed by atoms with E-state index in [4.69, 9.17) is 0 Å². The fourth-order valence-electron chi connectivity index (χ4n) is 2.51. The predicted octanol–water partition coefficient (Wildman–Crippen LogP) is 1.19. The van der Waals surface area contributed by atoms with Crippen LogP contribution in [0.5, 0.6) is 0 Å². The van der Waals surface area contributed by atoms with Gasteiger partial charge in [0.15, 0.2) is 0 Å². The summed E-state index contributed by atoms with van der Waals surface area (Å²) in [6.07, 6.45) is 2.74. The van der Waals surface area contributed by atoms with Crippen molar-refractivity contribution < 1.29 is 9.59 Å². The minimum atomic E-state index is -0.0826. The molecule has 0 bridgehead atoms. The number of hydrogen-bond donors (Lipinski definition) is 3. The van der Waals surface area contributed by atoms with Crippen LogP contribution >= 0.6 is 0 Å². The van der Waals surface area contributed by atoms with Gasteiger partial charge in [-0.1, -0.05) is 12.1 Å². The Balaban J connectivity index is 1.83. The largest absolute Gasteiger partial charge is 0.352 e. The summed E-state index contributed by atoms with van der Waals surface area (Å²) in [7, 11) is 0. The van der Waals surface area contributed by atoms with Crippen LogP contribution in [0.4, 0.5) is 0 Å². The maximum atomic E-state index is 11.9. The van der Waals surface area contributed by atoms with Crippen LogP contribution < -0.4 is 16.0 Å². The van der Waals surface area contributed by atoms with Crippen molar-refractivity contribution in [2.45, 2.75) is 38.8 Å². The molecule has 0 aliphatic carbocycles. The van der Waals surface area contributed by atoms with E-state index in [-0.39, 0.29) is 11.8 Å². The van der Waals surface area contributed by atoms with Gasteiger partial charge in [0.05, 0.1) is 0 Å². The summed E-state index contributed by atoms with van der Waals surface area (Å²) >= 11 is 0. The molecule has 0 aromatic heterocycles. The number of benzene rings is 1. The molecule has 1 saturated heterocycles. The first-order valence-electron chi connectivity index (χ1n) is 7.56. The summed E-state index contributed by atoms with van der Waals surface area (Å²) in [5.74, 6) is -0.0290. The molecule has 21 heavy (non-hydrogen) atoms. The summed E-state index contributed by atoms with van der Waals surface area (Å²) in [6, 6.07) is 7.66. The molecule has 1 aromatic carbocycles. The highest BCUT2D eigenvalue weighted by Crippen LogP contribution is 2.09. The van der Waals surface area contributed by atoms with Crippen molar-refractivity contribution in [1.82, 2.24) is 16.0 Å². The molecule has 0 radical (unpaired) electrons. The normalized spacial score (nSPS) is 17.5. The standard InChI is InChI=1S/C16H23N3O2/c1-2-17-16(21)13-6-3-5-12(9-13)11-19-15(20)10-14-7-4-8-18-14/h3,5-6,9,14,18H,2,4,7-8,10-11H2,1H3,(H,17,21)(H,19,20). The van der Waals surface area contributed by atoms with Gasteiger partial charge in [-0.2, -0.15) is 0 Å². The molecule has 1 aromatic rings. The van der Waals surface area contributed by atoms with Gasteiger partial charge in [-0.25, -0.2) is 0 Å². The Hall–Kier alpha value is -1.88. The van der Waals surface area contributed by atoms with E-state index < -0.39 is 0 Å². The highest BCUT2D eigenvalue weighted by Gasteiger charge is 2.17. The number of carbonyl (C=O) groups excluding carboxylic acids is 2. The van der Waals surface area contributed by atoms with Gasteiger partial charge >= 0.3 is 0 Å². The SMILES string of the molecule is CCNC(=O)c1cccc(CNC(=O)CC2CCCN2)c1. The highest BCUT2D eigenvalue weighted by molar-refractivity contribution is 5.94. The first-order chi connectivity index (χ1) is 10.2. The Bertz CT molecular complexity index is 496. The van der Waals surface area contributed by atoms with Gasteiger partial charge in [0.25, 0.3) is 5.91 Å². The molecule has 1 aliphatic heterocycles. The zero-order chi connectivity index (χ0) is 15.1. The molecule has 0 spiro atoms. The van der Waals surface area contributed by atoms with Crippen LogP contribution in [0, 0.1) is 0 Å². The van der Waals surface area contributed by atoms with Crippen LogP contribution in [0.15, 0.2) is 24.3 Å². The third-order valence-corrected chi connectivity index (χ3v) is 3.61. The van der Waals surface area contributed by atoms with Crippen molar-refractivity contribution in [3.05, 3.63) is 35.4 Å². The maximum Gasteiger partial charge on any atom is 0.251 e. The Kier molecular flexibility index (Phi) is 5.75. The molecular formula is C16H23N3O2. The first-order valence-corrected chi connectivity index (χ1v) is 7.56. The van der Waals surface area contributed by atoms with E-state index in [1.54, 1.807) is 6.07 Å². The summed E-state index contributed by atoms with van der Waals surface area (Å²) in [5.41, 5.74) is 1.56. The Morgan fingerprint density at radius 3 is 2.90 bits per heavy atom. The molecule has 1 aliphatic rings. The fourth-order valence-corrected chi connectivity index (χ4v) is 2.51. The van der Waals surface area contributed by atoms with Crippen molar-refractivity contribution in [3.8, 4) is 0 Å². The van der Waals surface area contributed by atoms with Gasteiger partial charge in [0.2, 0.25) is 5.91 Å². The van der Waals surface area contributed by atoms with E-state index in [2.05, 4.69) is 16.0 Å². The van der Waals surface area contributed by atoms with Crippen LogP contribution in [0.1, 0.15) is 42.1 Å². The third kappa shape index (κ3) is 4.86. The molecular weight excluding hydrogens is 266 g/mol. The molecule has 2 amide bonds. The van der Waals surface area contributed by atoms with E-state index >= 15 is 0 Å². The molecule has 1 unspecified atom stereocenters. The van der Waals surface area contributed by atoms with Crippen molar-refractivity contribution >= 4 is 11.8 Å². The van der Waals surface area contributed by atoms with E-state index in [9.17, 15) is 9.59 Å². The van der Waals surface area contributed by atoms with Gasteiger partial charge in [0, 0.05) is 31.1 Å². The Morgan fingerprint density at radius 2 is 2.19 bits per heavy atom. The van der Waals surface area contributed by atoms with Crippen LogP contribution in [0.3, 0.4) is 0 Å². The average molecular weight is 289 g/mol. The lowest BCUT2D eigenvalue weighted by Gasteiger charge is -2.11. The van der Waals surface area contributed by atoms with Gasteiger partial charge in [-0.3, -0.25) is 9.59 Å². The molecule has 1 fully saturated rings. The Labute approximate surface area is 125 Å². The van der Waals surface area contributed by atoms with Crippen LogP contribution in [0.2, 0.25) is 0 Å². The summed E-state index contributed by atoms with van der Waals surface area (Å²) < 4.78 is 0. The molecule has 5 nitrogen and oxygen atoms in total. The van der Waals surface area contributed by atoms with Crippen LogP contribution in [0.25, 0.3) is 0 Å². The lowest BCUT2D eigenvalue weighted by Crippen LogP contribution is -2.31. The van der Waals surface area contributed by atoms with Crippen LogP contribution in [-0.2, 0) is 11.3 Å². The van der Waals surface area contributed by atoms with Gasteiger partial charge in [0.1, 0.15) is 0 Å². The maximum absolute atomic E-state index is 11.9. The van der Waals surface area contributed by atoms with Gasteiger partial charge in [-0.05, 0) is 44.0 Å². The molecule has 5 heteroatoms. The number of hydrogen-bond acceptors (Lipinski definition) is 3. The lowest BCUT2D eigenvalue weighted by atomic mass is 10.1. The van der Waals surface area contributed by atoms with E-state index in [1.165, 1.54) is 0 Å². The Morgan fingerprint density at radius 1 is 1.33 bits per heavy atom. The van der Waals surface area contributed by atoms with Crippen molar-refractivity contribution in [1.29, 1.82) is 0 Å². The molecule has 1 heterocycles. The number of carbonyl (C=O) groups is 2. The topological polar surface area (TPSA) is 70.2 Å². The average Bonchev–Trinajstić information content (AvgIpc) is 2.98. The van der Waals surface area contributed by atoms with Crippen molar-refractivity contribution in [2.75, 3.05) is 13.1 Å². The zero-order valence-corrected chi connectivity index (χ0v) is 12.4. The number of rotatable bonds is 6. The number of amides is 2.